The molecular formula is C15H21N5OS. The Morgan fingerprint density at radius 3 is 2.95 bits per heavy atom. The summed E-state index contributed by atoms with van der Waals surface area (Å²) in [7, 11) is 0. The zero-order valence-corrected chi connectivity index (χ0v) is 13.8. The predicted molar refractivity (Wildman–Crippen MR) is 84.6 cm³/mol. The van der Waals surface area contributed by atoms with Crippen molar-refractivity contribution in [2.24, 2.45) is 0 Å². The van der Waals surface area contributed by atoms with Crippen LogP contribution in [0.15, 0.2) is 11.7 Å². The first-order valence-electron chi connectivity index (χ1n) is 7.73. The Kier molecular flexibility index (Phi) is 4.52. The third-order valence-corrected chi connectivity index (χ3v) is 4.91. The number of hydrogen-bond acceptors (Lipinski definition) is 5. The van der Waals surface area contributed by atoms with Gasteiger partial charge in [0.05, 0.1) is 23.2 Å². The monoisotopic (exact) mass is 319 g/mol. The molecule has 0 spiro atoms. The van der Waals surface area contributed by atoms with Gasteiger partial charge in [-0.1, -0.05) is 12.8 Å². The quantitative estimate of drug-likeness (QED) is 0.919. The molecule has 2 heterocycles. The highest BCUT2D eigenvalue weighted by Gasteiger charge is 2.23. The number of carbonyl (C=O) groups is 1. The van der Waals surface area contributed by atoms with E-state index < -0.39 is 0 Å². The molecule has 0 saturated heterocycles. The molecular weight excluding hydrogens is 298 g/mol. The van der Waals surface area contributed by atoms with Gasteiger partial charge in [-0.25, -0.2) is 4.98 Å². The summed E-state index contributed by atoms with van der Waals surface area (Å²) >= 11 is 1.56. The molecule has 0 unspecified atom stereocenters. The predicted octanol–water partition coefficient (Wildman–Crippen LogP) is 2.58. The maximum atomic E-state index is 12.2. The van der Waals surface area contributed by atoms with Crippen molar-refractivity contribution in [1.29, 1.82) is 0 Å². The molecule has 1 atom stereocenters. The second kappa shape index (κ2) is 6.56. The molecule has 1 saturated carbocycles. The average molecular weight is 319 g/mol. The Morgan fingerprint density at radius 2 is 2.27 bits per heavy atom. The Bertz CT molecular complexity index is 644. The van der Waals surface area contributed by atoms with Crippen molar-refractivity contribution in [3.05, 3.63) is 28.2 Å². The molecule has 7 heteroatoms. The van der Waals surface area contributed by atoms with E-state index >= 15 is 0 Å². The molecule has 0 aliphatic heterocycles. The fourth-order valence-electron chi connectivity index (χ4n) is 3.04. The highest BCUT2D eigenvalue weighted by molar-refractivity contribution is 7.09. The number of aromatic nitrogens is 4. The lowest BCUT2D eigenvalue weighted by molar-refractivity contribution is -0.121. The normalized spacial score (nSPS) is 16.8. The minimum absolute atomic E-state index is 0.0289. The van der Waals surface area contributed by atoms with Crippen LogP contribution in [0, 0.1) is 6.92 Å². The van der Waals surface area contributed by atoms with E-state index in [0.29, 0.717) is 12.5 Å². The van der Waals surface area contributed by atoms with Gasteiger partial charge in [0.15, 0.2) is 5.82 Å². The molecule has 6 nitrogen and oxygen atoms in total. The molecule has 1 aliphatic rings. The second-order valence-corrected chi connectivity index (χ2v) is 6.92. The van der Waals surface area contributed by atoms with Gasteiger partial charge in [0.25, 0.3) is 0 Å². The largest absolute Gasteiger partial charge is 0.346 e. The lowest BCUT2D eigenvalue weighted by atomic mass is 10.2. The standard InChI is InChI=1S/C15H21N5OS/c1-10(17-14(21)7-12-8-22-11(2)18-12)15-19-16-9-20(15)13-5-3-4-6-13/h8-10,13H,3-7H2,1-2H3,(H,17,21)/t10-/m0/s1. The third-order valence-electron chi connectivity index (χ3n) is 4.09. The first-order chi connectivity index (χ1) is 10.6. The Hall–Kier alpha value is -1.76. The van der Waals surface area contributed by atoms with Crippen molar-refractivity contribution in [2.45, 2.75) is 58.0 Å². The molecule has 2 aromatic heterocycles. The molecule has 1 N–H and O–H groups in total. The molecule has 2 aromatic rings. The molecule has 1 amide bonds. The fourth-order valence-corrected chi connectivity index (χ4v) is 3.65. The van der Waals surface area contributed by atoms with Gasteiger partial charge in [-0.05, 0) is 26.7 Å². The van der Waals surface area contributed by atoms with Gasteiger partial charge < -0.3 is 9.88 Å². The fraction of sp³-hybridized carbons (Fsp3) is 0.600. The minimum atomic E-state index is -0.143. The Morgan fingerprint density at radius 1 is 1.50 bits per heavy atom. The van der Waals surface area contributed by atoms with Gasteiger partial charge in [0.1, 0.15) is 6.33 Å². The summed E-state index contributed by atoms with van der Waals surface area (Å²) in [6.45, 7) is 3.90. The molecule has 118 valence electrons. The van der Waals surface area contributed by atoms with Gasteiger partial charge in [0.2, 0.25) is 5.91 Å². The SMILES string of the molecule is Cc1nc(CC(=O)N[C@@H](C)c2nncn2C2CCCC2)cs1. The molecule has 22 heavy (non-hydrogen) atoms. The number of aryl methyl sites for hydroxylation is 1. The summed E-state index contributed by atoms with van der Waals surface area (Å²) in [5, 5.41) is 14.2. The van der Waals surface area contributed by atoms with Crippen LogP contribution in [0.4, 0.5) is 0 Å². The number of carbonyl (C=O) groups excluding carboxylic acids is 1. The van der Waals surface area contributed by atoms with E-state index in [1.54, 1.807) is 17.7 Å². The Balaban J connectivity index is 1.63. The van der Waals surface area contributed by atoms with Gasteiger partial charge in [-0.3, -0.25) is 4.79 Å². The van der Waals surface area contributed by atoms with Crippen molar-refractivity contribution in [3.8, 4) is 0 Å². The lowest BCUT2D eigenvalue weighted by Crippen LogP contribution is -2.30. The molecule has 1 fully saturated rings. The maximum Gasteiger partial charge on any atom is 0.226 e. The van der Waals surface area contributed by atoms with Gasteiger partial charge >= 0.3 is 0 Å². The first kappa shape index (κ1) is 15.1. The Labute approximate surface area is 134 Å². The molecule has 0 aromatic carbocycles. The van der Waals surface area contributed by atoms with Crippen molar-refractivity contribution >= 4 is 17.2 Å². The van der Waals surface area contributed by atoms with E-state index in [2.05, 4.69) is 25.1 Å². The summed E-state index contributed by atoms with van der Waals surface area (Å²) in [6.07, 6.45) is 6.95. The van der Waals surface area contributed by atoms with Crippen molar-refractivity contribution in [3.63, 3.8) is 0 Å². The third kappa shape index (κ3) is 3.35. The summed E-state index contributed by atoms with van der Waals surface area (Å²) < 4.78 is 2.13. The number of thiazole rings is 1. The summed E-state index contributed by atoms with van der Waals surface area (Å²) in [5.41, 5.74) is 0.824. The van der Waals surface area contributed by atoms with E-state index in [1.165, 1.54) is 25.7 Å². The van der Waals surface area contributed by atoms with Gasteiger partial charge in [-0.15, -0.1) is 21.5 Å². The highest BCUT2D eigenvalue weighted by Crippen LogP contribution is 2.31. The summed E-state index contributed by atoms with van der Waals surface area (Å²) in [4.78, 5) is 16.5. The topological polar surface area (TPSA) is 72.7 Å². The number of amides is 1. The number of hydrogen-bond donors (Lipinski definition) is 1. The van der Waals surface area contributed by atoms with Crippen LogP contribution in [0.5, 0.6) is 0 Å². The number of nitrogens with zero attached hydrogens (tertiary/aromatic N) is 4. The zero-order chi connectivity index (χ0) is 15.5. The van der Waals surface area contributed by atoms with Crippen LogP contribution in [0.1, 0.15) is 61.2 Å². The molecule has 3 rings (SSSR count). The van der Waals surface area contributed by atoms with Gasteiger partial charge in [-0.2, -0.15) is 0 Å². The minimum Gasteiger partial charge on any atom is -0.346 e. The van der Waals surface area contributed by atoms with Crippen molar-refractivity contribution in [1.82, 2.24) is 25.1 Å². The average Bonchev–Trinajstić information content (AvgIpc) is 3.17. The van der Waals surface area contributed by atoms with Crippen LogP contribution in [-0.2, 0) is 11.2 Å². The van der Waals surface area contributed by atoms with E-state index in [-0.39, 0.29) is 11.9 Å². The molecule has 1 aliphatic carbocycles. The number of nitrogens with one attached hydrogen (secondary N) is 1. The summed E-state index contributed by atoms with van der Waals surface area (Å²) in [6, 6.07) is 0.334. The van der Waals surface area contributed by atoms with Crippen LogP contribution in [0.3, 0.4) is 0 Å². The van der Waals surface area contributed by atoms with Crippen molar-refractivity contribution < 1.29 is 4.79 Å². The maximum absolute atomic E-state index is 12.2. The van der Waals surface area contributed by atoms with Crippen molar-refractivity contribution in [2.75, 3.05) is 0 Å². The molecule has 0 radical (unpaired) electrons. The van der Waals surface area contributed by atoms with E-state index in [1.807, 2.05) is 19.2 Å². The second-order valence-electron chi connectivity index (χ2n) is 5.86. The summed E-state index contributed by atoms with van der Waals surface area (Å²) in [5.74, 6) is 0.813. The van der Waals surface area contributed by atoms with Crippen LogP contribution in [-0.4, -0.2) is 25.7 Å². The van der Waals surface area contributed by atoms with E-state index in [4.69, 9.17) is 0 Å². The first-order valence-corrected chi connectivity index (χ1v) is 8.61. The smallest absolute Gasteiger partial charge is 0.226 e. The van der Waals surface area contributed by atoms with Gasteiger partial charge in [0, 0.05) is 11.4 Å². The zero-order valence-electron chi connectivity index (χ0n) is 13.0. The van der Waals surface area contributed by atoms with Crippen LogP contribution in [0.2, 0.25) is 0 Å². The van der Waals surface area contributed by atoms with Crippen LogP contribution < -0.4 is 5.32 Å². The van der Waals surface area contributed by atoms with E-state index in [0.717, 1.165) is 16.5 Å². The number of rotatable bonds is 5. The highest BCUT2D eigenvalue weighted by atomic mass is 32.1. The lowest BCUT2D eigenvalue weighted by Gasteiger charge is -2.18. The van der Waals surface area contributed by atoms with Crippen LogP contribution in [0.25, 0.3) is 0 Å². The van der Waals surface area contributed by atoms with E-state index in [9.17, 15) is 4.79 Å². The van der Waals surface area contributed by atoms with Crippen LogP contribution >= 0.6 is 11.3 Å². The molecule has 0 bridgehead atoms.